The van der Waals surface area contributed by atoms with Crippen LogP contribution in [0, 0.1) is 0 Å². The first-order valence-corrected chi connectivity index (χ1v) is 7.53. The van der Waals surface area contributed by atoms with E-state index in [2.05, 4.69) is 36.4 Å². The van der Waals surface area contributed by atoms with Crippen LogP contribution in [0.15, 0.2) is 34.9 Å². The fourth-order valence-corrected chi connectivity index (χ4v) is 2.07. The average Bonchev–Trinajstić information content (AvgIpc) is 3.10. The van der Waals surface area contributed by atoms with Crippen molar-refractivity contribution in [3.8, 4) is 11.5 Å². The molecule has 2 heterocycles. The zero-order valence-electron chi connectivity index (χ0n) is 11.1. The minimum absolute atomic E-state index is 0.151. The molecule has 0 fully saturated rings. The zero-order valence-corrected chi connectivity index (χ0v) is 13.4. The first-order valence-electron chi connectivity index (χ1n) is 6.24. The molecule has 0 aliphatic carbocycles. The average molecular weight is 369 g/mol. The van der Waals surface area contributed by atoms with E-state index >= 15 is 0 Å². The molecule has 1 unspecified atom stereocenters. The maximum atomic E-state index is 5.85. The van der Waals surface area contributed by atoms with Gasteiger partial charge in [0.15, 0.2) is 0 Å². The number of nitrogens with zero attached hydrogens (tertiary/aromatic N) is 5. The zero-order chi connectivity index (χ0) is 14.8. The highest BCUT2D eigenvalue weighted by atomic mass is 79.9. The number of rotatable bonds is 4. The third-order valence-electron chi connectivity index (χ3n) is 2.82. The van der Waals surface area contributed by atoms with Crippen molar-refractivity contribution < 1.29 is 4.42 Å². The number of alkyl halides is 1. The monoisotopic (exact) mass is 367 g/mol. The van der Waals surface area contributed by atoms with E-state index in [0.717, 1.165) is 11.3 Å². The fraction of sp³-hybridized carbons (Fsp3) is 0.231. The van der Waals surface area contributed by atoms with Gasteiger partial charge in [0.1, 0.15) is 6.54 Å². The summed E-state index contributed by atoms with van der Waals surface area (Å²) in [6, 6.07) is 7.23. The number of benzene rings is 1. The second-order valence-electron chi connectivity index (χ2n) is 4.46. The van der Waals surface area contributed by atoms with Crippen LogP contribution in [0.4, 0.5) is 0 Å². The molecular formula is C13H11BrClN5O. The van der Waals surface area contributed by atoms with Gasteiger partial charge in [0.2, 0.25) is 11.8 Å². The van der Waals surface area contributed by atoms with Crippen molar-refractivity contribution in [3.63, 3.8) is 0 Å². The maximum absolute atomic E-state index is 5.85. The SMILES string of the molecule is CC(Br)c1cn(Cc2nnc(-c3ccc(Cl)cc3)o2)nn1. The lowest BCUT2D eigenvalue weighted by molar-refractivity contribution is 0.469. The Balaban J connectivity index is 1.76. The molecule has 3 rings (SSSR count). The normalized spacial score (nSPS) is 12.5. The van der Waals surface area contributed by atoms with Gasteiger partial charge in [-0.05, 0) is 31.2 Å². The predicted octanol–water partition coefficient (Wildman–Crippen LogP) is 3.49. The molecule has 6 nitrogen and oxygen atoms in total. The topological polar surface area (TPSA) is 69.6 Å². The Hall–Kier alpha value is -1.73. The summed E-state index contributed by atoms with van der Waals surface area (Å²) in [7, 11) is 0. The molecule has 8 heteroatoms. The summed E-state index contributed by atoms with van der Waals surface area (Å²) in [5, 5.41) is 16.8. The summed E-state index contributed by atoms with van der Waals surface area (Å²) in [5.74, 6) is 0.925. The van der Waals surface area contributed by atoms with Crippen molar-refractivity contribution in [2.24, 2.45) is 0 Å². The molecule has 1 aromatic carbocycles. The number of hydrogen-bond acceptors (Lipinski definition) is 5. The first-order chi connectivity index (χ1) is 10.1. The van der Waals surface area contributed by atoms with Crippen molar-refractivity contribution in [2.45, 2.75) is 18.3 Å². The van der Waals surface area contributed by atoms with Gasteiger partial charge in [0, 0.05) is 10.6 Å². The minimum Gasteiger partial charge on any atom is -0.419 e. The van der Waals surface area contributed by atoms with E-state index < -0.39 is 0 Å². The summed E-state index contributed by atoms with van der Waals surface area (Å²) < 4.78 is 7.28. The molecular weight excluding hydrogens is 358 g/mol. The van der Waals surface area contributed by atoms with E-state index in [0.29, 0.717) is 23.3 Å². The van der Waals surface area contributed by atoms with Crippen molar-refractivity contribution in [3.05, 3.63) is 47.1 Å². The molecule has 0 aliphatic rings. The van der Waals surface area contributed by atoms with Gasteiger partial charge >= 0.3 is 0 Å². The highest BCUT2D eigenvalue weighted by Crippen LogP contribution is 2.21. The Morgan fingerprint density at radius 2 is 2.00 bits per heavy atom. The van der Waals surface area contributed by atoms with Gasteiger partial charge in [-0.3, -0.25) is 0 Å². The molecule has 3 aromatic rings. The molecule has 0 radical (unpaired) electrons. The lowest BCUT2D eigenvalue weighted by Gasteiger charge is -1.96. The van der Waals surface area contributed by atoms with Gasteiger partial charge in [0.05, 0.1) is 16.7 Å². The van der Waals surface area contributed by atoms with Crippen LogP contribution < -0.4 is 0 Å². The minimum atomic E-state index is 0.151. The smallest absolute Gasteiger partial charge is 0.247 e. The second kappa shape index (κ2) is 5.95. The largest absolute Gasteiger partial charge is 0.419 e. The molecule has 0 N–H and O–H groups in total. The van der Waals surface area contributed by atoms with Gasteiger partial charge < -0.3 is 4.42 Å². The Morgan fingerprint density at radius 1 is 1.24 bits per heavy atom. The molecule has 0 spiro atoms. The van der Waals surface area contributed by atoms with Crippen LogP contribution in [0.25, 0.3) is 11.5 Å². The summed E-state index contributed by atoms with van der Waals surface area (Å²) in [5.41, 5.74) is 1.68. The van der Waals surface area contributed by atoms with Crippen molar-refractivity contribution in [1.29, 1.82) is 0 Å². The van der Waals surface area contributed by atoms with Gasteiger partial charge in [-0.15, -0.1) is 15.3 Å². The lowest BCUT2D eigenvalue weighted by Crippen LogP contribution is -2.00. The molecule has 1 atom stereocenters. The third-order valence-corrected chi connectivity index (χ3v) is 3.54. The highest BCUT2D eigenvalue weighted by Gasteiger charge is 2.11. The van der Waals surface area contributed by atoms with Crippen molar-refractivity contribution in [1.82, 2.24) is 25.2 Å². The Labute approximate surface area is 134 Å². The van der Waals surface area contributed by atoms with E-state index in [1.165, 1.54) is 0 Å². The quantitative estimate of drug-likeness (QED) is 0.659. The summed E-state index contributed by atoms with van der Waals surface area (Å²) in [4.78, 5) is 0.151. The van der Waals surface area contributed by atoms with Crippen LogP contribution in [0.2, 0.25) is 5.02 Å². The van der Waals surface area contributed by atoms with Gasteiger partial charge in [0.25, 0.3) is 0 Å². The molecule has 0 aliphatic heterocycles. The predicted molar refractivity (Wildman–Crippen MR) is 81.2 cm³/mol. The van der Waals surface area contributed by atoms with Gasteiger partial charge in [-0.25, -0.2) is 4.68 Å². The lowest BCUT2D eigenvalue weighted by atomic mass is 10.2. The number of halogens is 2. The molecule has 0 saturated heterocycles. The van der Waals surface area contributed by atoms with Gasteiger partial charge in [-0.1, -0.05) is 32.7 Å². The Morgan fingerprint density at radius 3 is 2.67 bits per heavy atom. The molecule has 0 bridgehead atoms. The van der Waals surface area contributed by atoms with E-state index in [-0.39, 0.29) is 4.83 Å². The molecule has 0 amide bonds. The molecule has 0 saturated carbocycles. The standard InChI is InChI=1S/C13H11BrClN5O/c1-8(14)11-6-20(19-16-11)7-12-17-18-13(21-12)9-2-4-10(15)5-3-9/h2-6,8H,7H2,1H3. The molecule has 21 heavy (non-hydrogen) atoms. The van der Waals surface area contributed by atoms with Crippen molar-refractivity contribution in [2.75, 3.05) is 0 Å². The molecule has 108 valence electrons. The van der Waals surface area contributed by atoms with E-state index in [9.17, 15) is 0 Å². The van der Waals surface area contributed by atoms with E-state index in [1.807, 2.05) is 25.3 Å². The first kappa shape index (κ1) is 14.2. The summed E-state index contributed by atoms with van der Waals surface area (Å²) in [6.45, 7) is 2.37. The highest BCUT2D eigenvalue weighted by molar-refractivity contribution is 9.09. The molecule has 2 aromatic heterocycles. The van der Waals surface area contributed by atoms with Crippen LogP contribution in [-0.4, -0.2) is 25.2 Å². The Kier molecular flexibility index (Phi) is 4.03. The summed E-state index contributed by atoms with van der Waals surface area (Å²) >= 11 is 9.29. The Bertz CT molecular complexity index is 737. The summed E-state index contributed by atoms with van der Waals surface area (Å²) in [6.07, 6.45) is 1.84. The fourth-order valence-electron chi connectivity index (χ4n) is 1.74. The van der Waals surface area contributed by atoms with Crippen LogP contribution in [0.3, 0.4) is 0 Å². The number of aromatic nitrogens is 5. The van der Waals surface area contributed by atoms with Crippen LogP contribution in [0.1, 0.15) is 23.3 Å². The van der Waals surface area contributed by atoms with Gasteiger partial charge in [-0.2, -0.15) is 0 Å². The maximum Gasteiger partial charge on any atom is 0.247 e. The van der Waals surface area contributed by atoms with E-state index in [1.54, 1.807) is 16.8 Å². The van der Waals surface area contributed by atoms with Crippen LogP contribution in [0.5, 0.6) is 0 Å². The third kappa shape index (κ3) is 3.30. The van der Waals surface area contributed by atoms with Crippen molar-refractivity contribution >= 4 is 27.5 Å². The van der Waals surface area contributed by atoms with E-state index in [4.69, 9.17) is 16.0 Å². The number of hydrogen-bond donors (Lipinski definition) is 0. The van der Waals surface area contributed by atoms with Crippen LogP contribution in [-0.2, 0) is 6.54 Å². The van der Waals surface area contributed by atoms with Crippen LogP contribution >= 0.6 is 27.5 Å². The second-order valence-corrected chi connectivity index (χ2v) is 6.27.